The fraction of sp³-hybridized carbons (Fsp3) is 0.292. The van der Waals surface area contributed by atoms with Gasteiger partial charge in [0.15, 0.2) is 11.5 Å². The number of aryl methyl sites for hydroxylation is 1. The topological polar surface area (TPSA) is 89.6 Å². The second-order valence-electron chi connectivity index (χ2n) is 7.73. The van der Waals surface area contributed by atoms with Gasteiger partial charge in [0.2, 0.25) is 0 Å². The Kier molecular flexibility index (Phi) is 5.77. The monoisotopic (exact) mass is 449 g/mol. The van der Waals surface area contributed by atoms with E-state index in [2.05, 4.69) is 15.6 Å². The van der Waals surface area contributed by atoms with Crippen LogP contribution in [-0.4, -0.2) is 30.0 Å². The van der Waals surface area contributed by atoms with Crippen LogP contribution in [0.15, 0.2) is 42.7 Å². The third-order valence-electron chi connectivity index (χ3n) is 5.64. The van der Waals surface area contributed by atoms with E-state index in [1.54, 1.807) is 18.3 Å². The van der Waals surface area contributed by atoms with Crippen LogP contribution in [0.2, 0.25) is 0 Å². The Bertz CT molecular complexity index is 1160. The molecule has 32 heavy (non-hydrogen) atoms. The van der Waals surface area contributed by atoms with Gasteiger partial charge in [0.1, 0.15) is 18.2 Å². The SMILES string of the molecule is O=C(Nc1sc2c(c1C(=O)NCc1cccc3c1OCCO3)CCCC2)c1cccnc1. The van der Waals surface area contributed by atoms with E-state index in [1.165, 1.54) is 22.4 Å². The first kappa shape index (κ1) is 20.5. The number of pyridine rings is 1. The normalized spacial score (nSPS) is 14.4. The number of amides is 2. The minimum atomic E-state index is -0.270. The van der Waals surface area contributed by atoms with Gasteiger partial charge in [-0.05, 0) is 49.4 Å². The predicted octanol–water partition coefficient (Wildman–Crippen LogP) is 3.98. The number of thiophene rings is 1. The molecule has 2 amide bonds. The van der Waals surface area contributed by atoms with Crippen molar-refractivity contribution >= 4 is 28.2 Å². The molecule has 0 unspecified atom stereocenters. The first-order valence-corrected chi connectivity index (χ1v) is 11.5. The molecule has 1 aromatic carbocycles. The van der Waals surface area contributed by atoms with Gasteiger partial charge < -0.3 is 20.1 Å². The summed E-state index contributed by atoms with van der Waals surface area (Å²) in [6.07, 6.45) is 7.05. The molecule has 3 heterocycles. The van der Waals surface area contributed by atoms with Gasteiger partial charge in [0.25, 0.3) is 11.8 Å². The van der Waals surface area contributed by atoms with Crippen LogP contribution in [0.3, 0.4) is 0 Å². The molecule has 1 aliphatic carbocycles. The number of hydrogen-bond donors (Lipinski definition) is 2. The molecule has 0 spiro atoms. The van der Waals surface area contributed by atoms with Crippen LogP contribution in [0.5, 0.6) is 11.5 Å². The number of carbonyl (C=O) groups is 2. The maximum absolute atomic E-state index is 13.3. The Morgan fingerprint density at radius 3 is 2.78 bits per heavy atom. The van der Waals surface area contributed by atoms with Gasteiger partial charge in [0.05, 0.1) is 11.1 Å². The number of ether oxygens (including phenoxy) is 2. The smallest absolute Gasteiger partial charge is 0.257 e. The summed E-state index contributed by atoms with van der Waals surface area (Å²) in [5.41, 5.74) is 2.94. The highest BCUT2D eigenvalue weighted by Gasteiger charge is 2.27. The van der Waals surface area contributed by atoms with Crippen molar-refractivity contribution < 1.29 is 19.1 Å². The third-order valence-corrected chi connectivity index (χ3v) is 6.84. The molecule has 0 saturated carbocycles. The Hall–Kier alpha value is -3.39. The van der Waals surface area contributed by atoms with Crippen molar-refractivity contribution in [1.29, 1.82) is 0 Å². The van der Waals surface area contributed by atoms with Crippen molar-refractivity contribution in [2.75, 3.05) is 18.5 Å². The minimum Gasteiger partial charge on any atom is -0.486 e. The van der Waals surface area contributed by atoms with E-state index in [1.807, 2.05) is 18.2 Å². The second kappa shape index (κ2) is 9.00. The number of anilines is 1. The van der Waals surface area contributed by atoms with E-state index >= 15 is 0 Å². The molecule has 0 atom stereocenters. The molecule has 3 aromatic rings. The van der Waals surface area contributed by atoms with Crippen LogP contribution in [-0.2, 0) is 19.4 Å². The Labute approximate surface area is 189 Å². The molecule has 0 radical (unpaired) electrons. The summed E-state index contributed by atoms with van der Waals surface area (Å²) in [5.74, 6) is 0.908. The lowest BCUT2D eigenvalue weighted by Gasteiger charge is -2.21. The maximum atomic E-state index is 13.3. The molecule has 2 aliphatic rings. The summed E-state index contributed by atoms with van der Waals surface area (Å²) in [5, 5.41) is 6.57. The Balaban J connectivity index is 1.39. The van der Waals surface area contributed by atoms with Crippen LogP contribution in [0.1, 0.15) is 49.6 Å². The lowest BCUT2D eigenvalue weighted by atomic mass is 9.95. The fourth-order valence-electron chi connectivity index (χ4n) is 4.10. The standard InChI is InChI=1S/C24H23N3O4S/c28-22(16-6-4-10-25-13-16)27-24-20(17-7-1-2-9-19(17)32-24)23(29)26-14-15-5-3-8-18-21(15)31-12-11-30-18/h3-6,8,10,13H,1-2,7,9,11-12,14H2,(H,26,29)(H,27,28). The number of fused-ring (bicyclic) bond motifs is 2. The molecule has 2 N–H and O–H groups in total. The highest BCUT2D eigenvalue weighted by Crippen LogP contribution is 2.39. The van der Waals surface area contributed by atoms with Crippen molar-refractivity contribution in [1.82, 2.24) is 10.3 Å². The molecule has 8 heteroatoms. The molecule has 1 aliphatic heterocycles. The van der Waals surface area contributed by atoms with Gasteiger partial charge in [-0.15, -0.1) is 11.3 Å². The first-order valence-electron chi connectivity index (χ1n) is 10.7. The minimum absolute atomic E-state index is 0.194. The van der Waals surface area contributed by atoms with Gasteiger partial charge in [0, 0.05) is 29.4 Å². The molecule has 5 rings (SSSR count). The zero-order valence-corrected chi connectivity index (χ0v) is 18.3. The van der Waals surface area contributed by atoms with Crippen molar-refractivity contribution in [2.24, 2.45) is 0 Å². The molecule has 7 nitrogen and oxygen atoms in total. The molecule has 0 bridgehead atoms. The van der Waals surface area contributed by atoms with Crippen LogP contribution >= 0.6 is 11.3 Å². The Morgan fingerprint density at radius 2 is 1.91 bits per heavy atom. The van der Waals surface area contributed by atoms with E-state index < -0.39 is 0 Å². The number of nitrogens with zero attached hydrogens (tertiary/aromatic N) is 1. The number of hydrogen-bond acceptors (Lipinski definition) is 6. The summed E-state index contributed by atoms with van der Waals surface area (Å²) in [6, 6.07) is 9.09. The summed E-state index contributed by atoms with van der Waals surface area (Å²) in [7, 11) is 0. The van der Waals surface area contributed by atoms with Crippen molar-refractivity contribution in [3.05, 3.63) is 69.9 Å². The van der Waals surface area contributed by atoms with E-state index in [4.69, 9.17) is 9.47 Å². The quantitative estimate of drug-likeness (QED) is 0.615. The van der Waals surface area contributed by atoms with E-state index in [9.17, 15) is 9.59 Å². The third kappa shape index (κ3) is 4.05. The van der Waals surface area contributed by atoms with Crippen molar-refractivity contribution in [3.63, 3.8) is 0 Å². The number of aromatic nitrogens is 1. The first-order chi connectivity index (χ1) is 15.7. The van der Waals surface area contributed by atoms with Crippen LogP contribution in [0.4, 0.5) is 5.00 Å². The van der Waals surface area contributed by atoms with Gasteiger partial charge in [-0.3, -0.25) is 14.6 Å². The number of carbonyl (C=O) groups excluding carboxylic acids is 2. The van der Waals surface area contributed by atoms with Gasteiger partial charge in [-0.25, -0.2) is 0 Å². The van der Waals surface area contributed by atoms with E-state index in [0.29, 0.717) is 47.4 Å². The number of nitrogens with one attached hydrogen (secondary N) is 2. The molecular weight excluding hydrogens is 426 g/mol. The average molecular weight is 450 g/mol. The lowest BCUT2D eigenvalue weighted by Crippen LogP contribution is -2.26. The Morgan fingerprint density at radius 1 is 1.03 bits per heavy atom. The zero-order chi connectivity index (χ0) is 21.9. The summed E-state index contributed by atoms with van der Waals surface area (Å²) in [6.45, 7) is 1.32. The zero-order valence-electron chi connectivity index (χ0n) is 17.5. The van der Waals surface area contributed by atoms with Gasteiger partial charge in [-0.2, -0.15) is 0 Å². The molecule has 2 aromatic heterocycles. The van der Waals surface area contributed by atoms with Gasteiger partial charge >= 0.3 is 0 Å². The highest BCUT2D eigenvalue weighted by atomic mass is 32.1. The number of benzene rings is 1. The highest BCUT2D eigenvalue weighted by molar-refractivity contribution is 7.17. The molecule has 164 valence electrons. The molecular formula is C24H23N3O4S. The summed E-state index contributed by atoms with van der Waals surface area (Å²) < 4.78 is 11.4. The average Bonchev–Trinajstić information content (AvgIpc) is 3.21. The fourth-order valence-corrected chi connectivity index (χ4v) is 5.39. The lowest BCUT2D eigenvalue weighted by molar-refractivity contribution is 0.0950. The maximum Gasteiger partial charge on any atom is 0.257 e. The number of rotatable bonds is 5. The largest absolute Gasteiger partial charge is 0.486 e. The van der Waals surface area contributed by atoms with Crippen LogP contribution in [0.25, 0.3) is 0 Å². The molecule has 0 fully saturated rings. The summed E-state index contributed by atoms with van der Waals surface area (Å²) in [4.78, 5) is 31.2. The predicted molar refractivity (Wildman–Crippen MR) is 122 cm³/mol. The van der Waals surface area contributed by atoms with Crippen LogP contribution in [0, 0.1) is 0 Å². The van der Waals surface area contributed by atoms with Crippen molar-refractivity contribution in [3.8, 4) is 11.5 Å². The molecule has 0 saturated heterocycles. The van der Waals surface area contributed by atoms with E-state index in [0.717, 1.165) is 36.8 Å². The van der Waals surface area contributed by atoms with Gasteiger partial charge in [-0.1, -0.05) is 12.1 Å². The number of para-hydroxylation sites is 1. The van der Waals surface area contributed by atoms with E-state index in [-0.39, 0.29) is 11.8 Å². The van der Waals surface area contributed by atoms with Crippen molar-refractivity contribution in [2.45, 2.75) is 32.2 Å². The van der Waals surface area contributed by atoms with Crippen LogP contribution < -0.4 is 20.1 Å². The summed E-state index contributed by atoms with van der Waals surface area (Å²) >= 11 is 1.50. The second-order valence-corrected chi connectivity index (χ2v) is 8.84.